The number of carboxylic acids is 2. The van der Waals surface area contributed by atoms with Crippen molar-refractivity contribution < 1.29 is 28.6 Å². The smallest absolute Gasteiger partial charge is 0.341 e. The van der Waals surface area contributed by atoms with E-state index in [1.54, 1.807) is 31.1 Å². The Bertz CT molecular complexity index is 2510. The van der Waals surface area contributed by atoms with Gasteiger partial charge in [0.2, 0.25) is 10.9 Å². The van der Waals surface area contributed by atoms with Gasteiger partial charge in [-0.3, -0.25) is 41.9 Å². The number of aromatic nitrogens is 2. The molecule has 0 aliphatic carbocycles. The molecule has 2 saturated heterocycles. The number of aryl methyl sites for hydroxylation is 2. The van der Waals surface area contributed by atoms with Crippen molar-refractivity contribution in [3.63, 3.8) is 0 Å². The molecule has 0 bridgehead atoms. The first-order chi connectivity index (χ1) is 31.4. The molecule has 66 heavy (non-hydrogen) atoms. The van der Waals surface area contributed by atoms with Gasteiger partial charge in [-0.05, 0) is 64.8 Å². The van der Waals surface area contributed by atoms with Crippen LogP contribution in [0.25, 0.3) is 21.8 Å². The third-order valence-corrected chi connectivity index (χ3v) is 12.1. The molecule has 2 atom stereocenters. The number of benzene rings is 2. The van der Waals surface area contributed by atoms with Crippen LogP contribution in [0.2, 0.25) is 0 Å². The number of hydrogen-bond acceptors (Lipinski definition) is 10. The van der Waals surface area contributed by atoms with E-state index in [0.717, 1.165) is 37.8 Å². The molecule has 2 aromatic heterocycles. The van der Waals surface area contributed by atoms with E-state index in [1.165, 1.54) is 12.4 Å². The van der Waals surface area contributed by atoms with Crippen LogP contribution >= 0.6 is 0 Å². The van der Waals surface area contributed by atoms with E-state index in [0.29, 0.717) is 76.5 Å². The highest BCUT2D eigenvalue weighted by molar-refractivity contribution is 5.97. The SMILES string of the molecule is CCn1cc(C(=O)O)c(=O)c2cc(F)c(N3CCN(C(=N)NC(=N)NCCCCCCNC(=N)NC(=N)N4CCN(c5cc6c(cc5F)c(=O)c(C(=O)O)cn6CC)CC4C)C(C)C3)cc21. The number of guanidine groups is 4. The second kappa shape index (κ2) is 20.7. The molecule has 10 N–H and O–H groups in total. The topological polar surface area (TPSA) is 275 Å². The largest absolute Gasteiger partial charge is 0.477 e. The molecule has 4 heterocycles. The Morgan fingerprint density at radius 2 is 1.02 bits per heavy atom. The monoisotopic (exact) mass is 916 g/mol. The summed E-state index contributed by atoms with van der Waals surface area (Å²) >= 11 is 0. The number of fused-ring (bicyclic) bond motifs is 2. The van der Waals surface area contributed by atoms with E-state index in [9.17, 15) is 29.4 Å². The van der Waals surface area contributed by atoms with Gasteiger partial charge in [0.05, 0.1) is 22.4 Å². The van der Waals surface area contributed by atoms with Gasteiger partial charge in [0, 0.05) is 101 Å². The highest BCUT2D eigenvalue weighted by Gasteiger charge is 2.30. The highest BCUT2D eigenvalue weighted by Crippen LogP contribution is 2.29. The van der Waals surface area contributed by atoms with E-state index < -0.39 is 45.6 Å². The third kappa shape index (κ3) is 10.5. The van der Waals surface area contributed by atoms with E-state index >= 15 is 8.78 Å². The first-order valence-electron chi connectivity index (χ1n) is 22.0. The first-order valence-corrected chi connectivity index (χ1v) is 22.0. The fourth-order valence-electron chi connectivity index (χ4n) is 8.63. The molecule has 0 radical (unpaired) electrons. The van der Waals surface area contributed by atoms with Crippen molar-refractivity contribution in [2.24, 2.45) is 0 Å². The summed E-state index contributed by atoms with van der Waals surface area (Å²) in [5.41, 5.74) is -0.876. The Labute approximate surface area is 379 Å². The van der Waals surface area contributed by atoms with Gasteiger partial charge < -0.3 is 49.6 Å². The molecular formula is C44H58F2N14O6. The van der Waals surface area contributed by atoms with Crippen LogP contribution in [0.15, 0.2) is 46.2 Å². The number of anilines is 2. The second-order valence-corrected chi connectivity index (χ2v) is 16.5. The normalized spacial score (nSPS) is 16.3. The Balaban J connectivity index is 0.864. The lowest BCUT2D eigenvalue weighted by Crippen LogP contribution is -2.58. The summed E-state index contributed by atoms with van der Waals surface area (Å²) < 4.78 is 34.1. The van der Waals surface area contributed by atoms with Crippen molar-refractivity contribution in [2.75, 3.05) is 62.2 Å². The summed E-state index contributed by atoms with van der Waals surface area (Å²) in [7, 11) is 0. The Hall–Kier alpha value is -7.26. The average molecular weight is 917 g/mol. The Morgan fingerprint density at radius 3 is 1.35 bits per heavy atom. The van der Waals surface area contributed by atoms with E-state index in [4.69, 9.17) is 21.6 Å². The van der Waals surface area contributed by atoms with E-state index in [-0.39, 0.29) is 58.1 Å². The summed E-state index contributed by atoms with van der Waals surface area (Å²) in [6.45, 7) is 11.4. The molecule has 4 aromatic rings. The molecule has 0 amide bonds. The molecule has 20 nitrogen and oxygen atoms in total. The molecule has 0 saturated carbocycles. The summed E-state index contributed by atoms with van der Waals surface area (Å²) in [5.74, 6) is -3.98. The van der Waals surface area contributed by atoms with Gasteiger partial charge in [0.15, 0.2) is 23.8 Å². The van der Waals surface area contributed by atoms with Gasteiger partial charge >= 0.3 is 11.9 Å². The maximum absolute atomic E-state index is 15.4. The third-order valence-electron chi connectivity index (χ3n) is 12.1. The minimum atomic E-state index is -1.37. The van der Waals surface area contributed by atoms with Crippen LogP contribution in [-0.4, -0.2) is 129 Å². The standard InChI is InChI=1S/C44H58F2N14O6/c1-5-55-23-29(39(63)64)37(61)27-17-31(45)35(19-33(27)55)57-13-15-59(25(3)21-57)43(49)53-41(47)51-11-9-7-8-10-12-52-42(48)54-44(50)60-16-14-58(22-26(60)4)36-20-34-28(18-32(36)46)38(62)30(40(65)66)24-56(34)6-2/h17-20,23-26H,5-16,21-22H2,1-4H3,(H,63,64)(H,65,66)(H4,47,49,51,53)(H4,48,50,52,54). The average Bonchev–Trinajstić information content (AvgIpc) is 3.27. The number of unbranched alkanes of at least 4 members (excludes halogenated alkanes) is 3. The molecule has 22 heteroatoms. The number of nitrogens with one attached hydrogen (secondary N) is 8. The van der Waals surface area contributed by atoms with Crippen LogP contribution in [0.4, 0.5) is 20.2 Å². The molecule has 6 rings (SSSR count). The van der Waals surface area contributed by atoms with Crippen molar-refractivity contribution in [2.45, 2.75) is 78.6 Å². The number of hydrogen-bond donors (Lipinski definition) is 10. The summed E-state index contributed by atoms with van der Waals surface area (Å²) in [4.78, 5) is 56.0. The van der Waals surface area contributed by atoms with E-state index in [2.05, 4.69) is 21.3 Å². The van der Waals surface area contributed by atoms with Crippen molar-refractivity contribution in [1.82, 2.24) is 40.2 Å². The molecule has 354 valence electrons. The maximum atomic E-state index is 15.4. The fourth-order valence-corrected chi connectivity index (χ4v) is 8.63. The van der Waals surface area contributed by atoms with Crippen LogP contribution in [0.1, 0.15) is 74.1 Å². The Morgan fingerprint density at radius 1 is 0.636 bits per heavy atom. The van der Waals surface area contributed by atoms with E-state index in [1.807, 2.05) is 37.5 Å². The molecule has 2 aliphatic heterocycles. The number of carboxylic acid groups (broad SMARTS) is 2. The predicted octanol–water partition coefficient (Wildman–Crippen LogP) is 3.41. The van der Waals surface area contributed by atoms with Gasteiger partial charge in [-0.2, -0.15) is 0 Å². The van der Waals surface area contributed by atoms with Gasteiger partial charge in [-0.1, -0.05) is 12.8 Å². The molecule has 2 aromatic carbocycles. The maximum Gasteiger partial charge on any atom is 0.341 e. The van der Waals surface area contributed by atoms with Gasteiger partial charge in [-0.15, -0.1) is 0 Å². The molecule has 2 aliphatic rings. The van der Waals surface area contributed by atoms with Gasteiger partial charge in [0.25, 0.3) is 0 Å². The molecule has 2 unspecified atom stereocenters. The van der Waals surface area contributed by atoms with Crippen molar-refractivity contribution >= 4 is 69.0 Å². The number of aromatic carboxylic acids is 2. The quantitative estimate of drug-likeness (QED) is 0.0523. The van der Waals surface area contributed by atoms with Crippen LogP contribution in [0.5, 0.6) is 0 Å². The lowest BCUT2D eigenvalue weighted by Gasteiger charge is -2.42. The van der Waals surface area contributed by atoms with Crippen molar-refractivity contribution in [3.05, 3.63) is 79.9 Å². The molecule has 2 fully saturated rings. The zero-order chi connectivity index (χ0) is 48.0. The minimum Gasteiger partial charge on any atom is -0.477 e. The number of rotatable bonds is 13. The molecular weight excluding hydrogens is 859 g/mol. The summed E-state index contributed by atoms with van der Waals surface area (Å²) in [6, 6.07) is 4.90. The van der Waals surface area contributed by atoms with Gasteiger partial charge in [-0.25, -0.2) is 18.4 Å². The Kier molecular flexibility index (Phi) is 15.1. The summed E-state index contributed by atoms with van der Waals surface area (Å²) in [5, 5.41) is 64.3. The number of pyridine rings is 2. The zero-order valence-electron chi connectivity index (χ0n) is 37.5. The van der Waals surface area contributed by atoms with Crippen LogP contribution < -0.4 is 41.9 Å². The number of piperazine rings is 2. The van der Waals surface area contributed by atoms with Crippen LogP contribution in [0.3, 0.4) is 0 Å². The first kappa shape index (κ1) is 48.2. The van der Waals surface area contributed by atoms with Gasteiger partial charge in [0.1, 0.15) is 22.8 Å². The van der Waals surface area contributed by atoms with Crippen LogP contribution in [0, 0.1) is 33.3 Å². The summed E-state index contributed by atoms with van der Waals surface area (Å²) in [6.07, 6.45) is 5.80. The highest BCUT2D eigenvalue weighted by atomic mass is 19.1. The number of halogens is 2. The van der Waals surface area contributed by atoms with Crippen LogP contribution in [-0.2, 0) is 13.1 Å². The fraction of sp³-hybridized carbons (Fsp3) is 0.455. The van der Waals surface area contributed by atoms with Crippen molar-refractivity contribution in [3.8, 4) is 0 Å². The number of carbonyl (C=O) groups is 2. The zero-order valence-corrected chi connectivity index (χ0v) is 37.5. The second-order valence-electron chi connectivity index (χ2n) is 16.5. The predicted molar refractivity (Wildman–Crippen MR) is 250 cm³/mol. The lowest BCUT2D eigenvalue weighted by molar-refractivity contribution is 0.0684. The number of nitrogens with zero attached hydrogens (tertiary/aromatic N) is 6. The lowest BCUT2D eigenvalue weighted by atomic mass is 10.1. The molecule has 0 spiro atoms. The minimum absolute atomic E-state index is 0.00126. The van der Waals surface area contributed by atoms with Crippen molar-refractivity contribution in [1.29, 1.82) is 21.6 Å².